The summed E-state index contributed by atoms with van der Waals surface area (Å²) in [5.41, 5.74) is 2.20. The second-order valence-corrected chi connectivity index (χ2v) is 5.56. The Bertz CT molecular complexity index is 754. The minimum Gasteiger partial charge on any atom is -0.491 e. The maximum atomic E-state index is 13.8. The first kappa shape index (κ1) is 22.1. The zero-order valence-corrected chi connectivity index (χ0v) is 17.4. The number of nitrogens with zero attached hydrogens (tertiary/aromatic N) is 1. The van der Waals surface area contributed by atoms with E-state index >= 15 is 0 Å². The van der Waals surface area contributed by atoms with Crippen molar-refractivity contribution in [2.45, 2.75) is 26.9 Å². The first-order chi connectivity index (χ1) is 12.0. The van der Waals surface area contributed by atoms with E-state index in [1.807, 2.05) is 13.0 Å². The van der Waals surface area contributed by atoms with Gasteiger partial charge in [0.2, 0.25) is 0 Å². The van der Waals surface area contributed by atoms with E-state index in [1.165, 1.54) is 12.1 Å². The van der Waals surface area contributed by atoms with Crippen LogP contribution in [0.3, 0.4) is 0 Å². The number of halogens is 3. The molecule has 2 aromatic carbocycles. The fraction of sp³-hybridized carbons (Fsp3) is 0.316. The number of rotatable bonds is 6. The van der Waals surface area contributed by atoms with E-state index < -0.39 is 0 Å². The van der Waals surface area contributed by atoms with E-state index in [0.29, 0.717) is 31.2 Å². The average molecular weight is 475 g/mol. The minimum atomic E-state index is -0.390. The first-order valence-corrected chi connectivity index (χ1v) is 8.14. The van der Waals surface area contributed by atoms with Gasteiger partial charge >= 0.3 is 0 Å². The molecule has 0 radical (unpaired) electrons. The van der Waals surface area contributed by atoms with Gasteiger partial charge in [0.25, 0.3) is 0 Å². The number of hydrogen-bond acceptors (Lipinski definition) is 2. The van der Waals surface area contributed by atoms with Crippen molar-refractivity contribution in [3.05, 3.63) is 64.7 Å². The molecule has 0 atom stereocenters. The Labute approximate surface area is 170 Å². The summed E-state index contributed by atoms with van der Waals surface area (Å²) in [5.74, 6) is 0.178. The lowest BCUT2D eigenvalue weighted by atomic mass is 10.1. The summed E-state index contributed by atoms with van der Waals surface area (Å²) < 4.78 is 32.6. The van der Waals surface area contributed by atoms with E-state index in [9.17, 15) is 8.78 Å². The third kappa shape index (κ3) is 6.44. The van der Waals surface area contributed by atoms with Crippen molar-refractivity contribution >= 4 is 29.9 Å². The molecule has 0 unspecified atom stereocenters. The Balaban J connectivity index is 0.00000338. The van der Waals surface area contributed by atoms with Crippen LogP contribution >= 0.6 is 24.0 Å². The third-order valence-electron chi connectivity index (χ3n) is 3.68. The molecule has 26 heavy (non-hydrogen) atoms. The Morgan fingerprint density at radius 3 is 2.08 bits per heavy atom. The summed E-state index contributed by atoms with van der Waals surface area (Å²) in [6.07, 6.45) is 0. The maximum absolute atomic E-state index is 13.8. The largest absolute Gasteiger partial charge is 0.491 e. The van der Waals surface area contributed by atoms with Gasteiger partial charge in [-0.3, -0.25) is 4.99 Å². The summed E-state index contributed by atoms with van der Waals surface area (Å²) in [4.78, 5) is 4.11. The van der Waals surface area contributed by atoms with Crippen LogP contribution in [0.25, 0.3) is 0 Å². The number of ether oxygens (including phenoxy) is 1. The normalized spacial score (nSPS) is 10.9. The van der Waals surface area contributed by atoms with Crippen LogP contribution in [0.5, 0.6) is 5.75 Å². The van der Waals surface area contributed by atoms with Crippen LogP contribution in [-0.2, 0) is 13.1 Å². The van der Waals surface area contributed by atoms with Crippen molar-refractivity contribution in [1.82, 2.24) is 10.6 Å². The Kier molecular flexibility index (Phi) is 9.32. The van der Waals surface area contributed by atoms with Crippen molar-refractivity contribution < 1.29 is 13.5 Å². The van der Waals surface area contributed by atoms with Gasteiger partial charge < -0.3 is 15.4 Å². The fourth-order valence-electron chi connectivity index (χ4n) is 2.27. The topological polar surface area (TPSA) is 45.6 Å². The smallest absolute Gasteiger partial charge is 0.191 e. The summed E-state index contributed by atoms with van der Waals surface area (Å²) in [6, 6.07) is 9.94. The molecular formula is C19H24F2IN3O. The summed E-state index contributed by atoms with van der Waals surface area (Å²) >= 11 is 0. The lowest BCUT2D eigenvalue weighted by Gasteiger charge is -2.13. The molecule has 4 nitrogen and oxygen atoms in total. The van der Waals surface area contributed by atoms with Crippen molar-refractivity contribution in [3.8, 4) is 5.75 Å². The van der Waals surface area contributed by atoms with Crippen LogP contribution in [0, 0.1) is 18.6 Å². The fourth-order valence-corrected chi connectivity index (χ4v) is 2.27. The molecule has 0 fully saturated rings. The zero-order valence-electron chi connectivity index (χ0n) is 15.1. The Morgan fingerprint density at radius 2 is 1.58 bits per heavy atom. The van der Waals surface area contributed by atoms with Crippen molar-refractivity contribution in [2.75, 3.05) is 13.7 Å². The number of guanidine groups is 1. The number of aliphatic imine (C=N–C) groups is 1. The molecule has 7 heteroatoms. The molecule has 0 amide bonds. The van der Waals surface area contributed by atoms with Gasteiger partial charge in [0.1, 0.15) is 5.82 Å². The quantitative estimate of drug-likeness (QED) is 0.375. The lowest BCUT2D eigenvalue weighted by Crippen LogP contribution is -2.36. The van der Waals surface area contributed by atoms with Gasteiger partial charge in [0, 0.05) is 20.1 Å². The van der Waals surface area contributed by atoms with Crippen molar-refractivity contribution in [2.24, 2.45) is 4.99 Å². The zero-order chi connectivity index (χ0) is 18.2. The molecule has 2 N–H and O–H groups in total. The van der Waals surface area contributed by atoms with Crippen LogP contribution in [0.15, 0.2) is 41.4 Å². The predicted molar refractivity (Wildman–Crippen MR) is 111 cm³/mol. The number of benzene rings is 2. The predicted octanol–water partition coefficient (Wildman–Crippen LogP) is 4.16. The molecular weight excluding hydrogens is 451 g/mol. The van der Waals surface area contributed by atoms with Gasteiger partial charge in [-0.2, -0.15) is 0 Å². The summed E-state index contributed by atoms with van der Waals surface area (Å²) in [6.45, 7) is 4.80. The molecule has 0 spiro atoms. The lowest BCUT2D eigenvalue weighted by molar-refractivity contribution is 0.321. The molecule has 0 heterocycles. The Hall–Kier alpha value is -1.90. The first-order valence-electron chi connectivity index (χ1n) is 8.14. The van der Waals surface area contributed by atoms with Crippen LogP contribution in [0.2, 0.25) is 0 Å². The van der Waals surface area contributed by atoms with E-state index in [1.54, 1.807) is 32.2 Å². The molecule has 0 aromatic heterocycles. The highest BCUT2D eigenvalue weighted by Gasteiger charge is 2.06. The van der Waals surface area contributed by atoms with Gasteiger partial charge in [-0.05, 0) is 48.7 Å². The number of nitrogens with one attached hydrogen (secondary N) is 2. The molecule has 0 saturated carbocycles. The standard InChI is InChI=1S/C19H23F2N3O.HI/c1-4-25-18-8-7-15(10-17(18)21)12-24-19(22-3)23-11-14-6-5-13(2)16(20)9-14;/h5-10H,4,11-12H2,1-3H3,(H2,22,23,24);1H. The van der Waals surface area contributed by atoms with Gasteiger partial charge in [-0.1, -0.05) is 18.2 Å². The second kappa shape index (κ2) is 10.9. The van der Waals surface area contributed by atoms with Gasteiger partial charge in [0.05, 0.1) is 6.61 Å². The molecule has 0 aliphatic heterocycles. The highest BCUT2D eigenvalue weighted by molar-refractivity contribution is 14.0. The van der Waals surface area contributed by atoms with E-state index in [-0.39, 0.29) is 41.4 Å². The SMILES string of the molecule is CCOc1ccc(CNC(=NC)NCc2ccc(C)c(F)c2)cc1F.I. The number of hydrogen-bond donors (Lipinski definition) is 2. The molecule has 0 aliphatic carbocycles. The van der Waals surface area contributed by atoms with Crippen molar-refractivity contribution in [1.29, 1.82) is 0 Å². The summed E-state index contributed by atoms with van der Waals surface area (Å²) in [7, 11) is 1.64. The summed E-state index contributed by atoms with van der Waals surface area (Å²) in [5, 5.41) is 6.20. The monoisotopic (exact) mass is 475 g/mol. The van der Waals surface area contributed by atoms with E-state index in [0.717, 1.165) is 11.1 Å². The average Bonchev–Trinajstić information content (AvgIpc) is 2.60. The maximum Gasteiger partial charge on any atom is 0.191 e. The number of aryl methyl sites for hydroxylation is 1. The van der Waals surface area contributed by atoms with E-state index in [2.05, 4.69) is 15.6 Å². The molecule has 0 aliphatic rings. The minimum absolute atomic E-state index is 0. The van der Waals surface area contributed by atoms with Crippen LogP contribution < -0.4 is 15.4 Å². The van der Waals surface area contributed by atoms with Crippen LogP contribution in [0.4, 0.5) is 8.78 Å². The molecule has 0 bridgehead atoms. The highest BCUT2D eigenvalue weighted by Crippen LogP contribution is 2.18. The van der Waals surface area contributed by atoms with Gasteiger partial charge in [-0.15, -0.1) is 24.0 Å². The highest BCUT2D eigenvalue weighted by atomic mass is 127. The van der Waals surface area contributed by atoms with Gasteiger partial charge in [0.15, 0.2) is 17.5 Å². The Morgan fingerprint density at radius 1 is 1.00 bits per heavy atom. The van der Waals surface area contributed by atoms with Crippen LogP contribution in [0.1, 0.15) is 23.6 Å². The van der Waals surface area contributed by atoms with Crippen LogP contribution in [-0.4, -0.2) is 19.6 Å². The van der Waals surface area contributed by atoms with E-state index in [4.69, 9.17) is 4.74 Å². The molecule has 0 saturated heterocycles. The molecule has 2 aromatic rings. The van der Waals surface area contributed by atoms with Crippen molar-refractivity contribution in [3.63, 3.8) is 0 Å². The third-order valence-corrected chi connectivity index (χ3v) is 3.68. The van der Waals surface area contributed by atoms with Gasteiger partial charge in [-0.25, -0.2) is 8.78 Å². The second-order valence-electron chi connectivity index (χ2n) is 5.56. The molecule has 142 valence electrons. The molecule has 2 rings (SSSR count).